The summed E-state index contributed by atoms with van der Waals surface area (Å²) in [6.45, 7) is 18.4. The highest BCUT2D eigenvalue weighted by Gasteiger charge is 2.49. The second-order valence-electron chi connectivity index (χ2n) is 6.83. The van der Waals surface area contributed by atoms with Crippen molar-refractivity contribution in [3.05, 3.63) is 12.7 Å². The highest BCUT2D eigenvalue weighted by molar-refractivity contribution is 5.80. The summed E-state index contributed by atoms with van der Waals surface area (Å²) in [5, 5.41) is 0. The lowest BCUT2D eigenvalue weighted by atomic mass is 10.0. The van der Waals surface area contributed by atoms with Gasteiger partial charge in [0.2, 0.25) is 0 Å². The van der Waals surface area contributed by atoms with Crippen LogP contribution in [0, 0.1) is 0 Å². The summed E-state index contributed by atoms with van der Waals surface area (Å²) < 4.78 is 0. The molecule has 1 fully saturated rings. The van der Waals surface area contributed by atoms with Gasteiger partial charge in [-0.15, -0.1) is 6.58 Å². The summed E-state index contributed by atoms with van der Waals surface area (Å²) in [7, 11) is 0. The van der Waals surface area contributed by atoms with E-state index in [4.69, 9.17) is 0 Å². The van der Waals surface area contributed by atoms with Gasteiger partial charge in [0, 0.05) is 11.1 Å². The van der Waals surface area contributed by atoms with Crippen LogP contribution in [0.3, 0.4) is 0 Å². The number of hydrogen-bond donors (Lipinski definition) is 0. The number of carbonyl (C=O) groups is 1. The summed E-state index contributed by atoms with van der Waals surface area (Å²) in [5.41, 5.74) is -0.331. The molecule has 1 aliphatic heterocycles. The number of rotatable bonds is 1. The van der Waals surface area contributed by atoms with Crippen molar-refractivity contribution in [1.29, 1.82) is 0 Å². The van der Waals surface area contributed by atoms with Crippen LogP contribution in [-0.4, -0.2) is 39.0 Å². The molecule has 98 valence electrons. The van der Waals surface area contributed by atoms with Crippen molar-refractivity contribution in [2.75, 3.05) is 0 Å². The van der Waals surface area contributed by atoms with Crippen LogP contribution in [0.25, 0.3) is 0 Å². The second-order valence-corrected chi connectivity index (χ2v) is 6.83. The molecule has 3 nitrogen and oxygen atoms in total. The van der Waals surface area contributed by atoms with Crippen LogP contribution in [-0.2, 0) is 0 Å². The van der Waals surface area contributed by atoms with E-state index in [1.165, 1.54) is 0 Å². The summed E-state index contributed by atoms with van der Waals surface area (Å²) in [4.78, 5) is 16.5. The Morgan fingerprint density at radius 2 is 1.47 bits per heavy atom. The zero-order valence-corrected chi connectivity index (χ0v) is 12.2. The van der Waals surface area contributed by atoms with Crippen LogP contribution in [0.4, 0.5) is 4.79 Å². The first kappa shape index (κ1) is 14.1. The van der Waals surface area contributed by atoms with Crippen molar-refractivity contribution in [3.63, 3.8) is 0 Å². The molecule has 1 rings (SSSR count). The molecule has 0 N–H and O–H groups in total. The van der Waals surface area contributed by atoms with Gasteiger partial charge < -0.3 is 9.80 Å². The topological polar surface area (TPSA) is 23.6 Å². The normalized spacial score (nSPS) is 26.6. The standard InChI is InChI=1S/C14H26N2O/c1-9-11-10(2)15(13(3,4)5)12(17)16(11)14(6,7)8/h9-11H,1H2,2-8H3/t10-,11-/m1/s1. The maximum atomic E-state index is 12.6. The Morgan fingerprint density at radius 3 is 1.71 bits per heavy atom. The maximum Gasteiger partial charge on any atom is 0.321 e. The number of carbonyl (C=O) groups excluding carboxylic acids is 1. The Morgan fingerprint density at radius 1 is 1.06 bits per heavy atom. The third-order valence-electron chi connectivity index (χ3n) is 3.30. The SMILES string of the molecule is C=C[C@@H]1[C@@H](C)N(C(C)(C)C)C(=O)N1C(C)(C)C. The van der Waals surface area contributed by atoms with Crippen molar-refractivity contribution in [1.82, 2.24) is 9.80 Å². The number of hydrogen-bond acceptors (Lipinski definition) is 1. The Balaban J connectivity index is 3.20. The fourth-order valence-corrected chi connectivity index (χ4v) is 2.72. The predicted octanol–water partition coefficient (Wildman–Crippen LogP) is 3.26. The lowest BCUT2D eigenvalue weighted by Crippen LogP contribution is -2.50. The fraction of sp³-hybridized carbons (Fsp3) is 0.786. The third-order valence-corrected chi connectivity index (χ3v) is 3.30. The van der Waals surface area contributed by atoms with Crippen LogP contribution in [0.2, 0.25) is 0 Å². The van der Waals surface area contributed by atoms with Gasteiger partial charge in [-0.3, -0.25) is 0 Å². The average molecular weight is 238 g/mol. The molecule has 1 heterocycles. The van der Waals surface area contributed by atoms with Crippen molar-refractivity contribution >= 4 is 6.03 Å². The van der Waals surface area contributed by atoms with Crippen LogP contribution < -0.4 is 0 Å². The predicted molar refractivity (Wildman–Crippen MR) is 72.0 cm³/mol. The van der Waals surface area contributed by atoms with Crippen molar-refractivity contribution in [2.24, 2.45) is 0 Å². The molecule has 0 aliphatic carbocycles. The van der Waals surface area contributed by atoms with Crippen molar-refractivity contribution in [2.45, 2.75) is 71.6 Å². The van der Waals surface area contributed by atoms with Gasteiger partial charge in [-0.25, -0.2) is 4.79 Å². The van der Waals surface area contributed by atoms with Crippen molar-refractivity contribution < 1.29 is 4.79 Å². The van der Waals surface area contributed by atoms with E-state index in [1.807, 2.05) is 15.9 Å². The zero-order chi connectivity index (χ0) is 13.6. The van der Waals surface area contributed by atoms with E-state index < -0.39 is 0 Å². The Kier molecular flexibility index (Phi) is 3.34. The lowest BCUT2D eigenvalue weighted by Gasteiger charge is -2.36. The third kappa shape index (κ3) is 2.33. The van der Waals surface area contributed by atoms with Gasteiger partial charge in [-0.05, 0) is 48.5 Å². The first-order chi connectivity index (χ1) is 7.51. The highest BCUT2D eigenvalue weighted by atomic mass is 16.2. The first-order valence-corrected chi connectivity index (χ1v) is 6.27. The minimum absolute atomic E-state index is 0.0849. The van der Waals surface area contributed by atoms with Gasteiger partial charge in [0.25, 0.3) is 0 Å². The number of amides is 2. The molecule has 0 bridgehead atoms. The molecule has 2 amide bonds. The van der Waals surface area contributed by atoms with Crippen molar-refractivity contribution in [3.8, 4) is 0 Å². The molecule has 3 heteroatoms. The summed E-state index contributed by atoms with van der Waals surface area (Å²) in [6.07, 6.45) is 1.89. The molecule has 1 aliphatic rings. The van der Waals surface area contributed by atoms with Gasteiger partial charge in [0.15, 0.2) is 0 Å². The smallest absolute Gasteiger partial charge is 0.315 e. The van der Waals surface area contributed by atoms with Gasteiger partial charge in [-0.1, -0.05) is 6.08 Å². The van der Waals surface area contributed by atoms with E-state index in [0.29, 0.717) is 0 Å². The molecule has 2 atom stereocenters. The molecule has 0 saturated carbocycles. The Labute approximate surface area is 105 Å². The highest BCUT2D eigenvalue weighted by Crippen LogP contribution is 2.35. The van der Waals surface area contributed by atoms with Crippen LogP contribution >= 0.6 is 0 Å². The first-order valence-electron chi connectivity index (χ1n) is 6.27. The molecule has 0 radical (unpaired) electrons. The molecule has 17 heavy (non-hydrogen) atoms. The Hall–Kier alpha value is -0.990. The van der Waals surface area contributed by atoms with E-state index in [1.54, 1.807) is 0 Å². The monoisotopic (exact) mass is 238 g/mol. The second kappa shape index (κ2) is 4.04. The molecular weight excluding hydrogens is 212 g/mol. The average Bonchev–Trinajstić information content (AvgIpc) is 2.34. The molecule has 1 saturated heterocycles. The molecule has 0 unspecified atom stereocenters. The van der Waals surface area contributed by atoms with E-state index in [0.717, 1.165) is 0 Å². The van der Waals surface area contributed by atoms with Gasteiger partial charge in [0.1, 0.15) is 0 Å². The van der Waals surface area contributed by atoms with Crippen LogP contribution in [0.15, 0.2) is 12.7 Å². The lowest BCUT2D eigenvalue weighted by molar-refractivity contribution is 0.124. The molecule has 0 aromatic heterocycles. The molecule has 0 spiro atoms. The molecular formula is C14H26N2O. The Bertz CT molecular complexity index is 322. The fourth-order valence-electron chi connectivity index (χ4n) is 2.72. The van der Waals surface area contributed by atoms with Gasteiger partial charge in [-0.2, -0.15) is 0 Å². The largest absolute Gasteiger partial charge is 0.321 e. The minimum Gasteiger partial charge on any atom is -0.315 e. The zero-order valence-electron chi connectivity index (χ0n) is 12.2. The molecule has 0 aromatic rings. The summed E-state index contributed by atoms with van der Waals surface area (Å²) in [6, 6.07) is 0.364. The van der Waals surface area contributed by atoms with Crippen LogP contribution in [0.5, 0.6) is 0 Å². The summed E-state index contributed by atoms with van der Waals surface area (Å²) in [5.74, 6) is 0. The number of nitrogens with zero attached hydrogens (tertiary/aromatic N) is 2. The van der Waals surface area contributed by atoms with Crippen LogP contribution in [0.1, 0.15) is 48.5 Å². The molecule has 0 aromatic carbocycles. The van der Waals surface area contributed by atoms with Gasteiger partial charge >= 0.3 is 6.03 Å². The van der Waals surface area contributed by atoms with Gasteiger partial charge in [0.05, 0.1) is 12.1 Å². The van der Waals surface area contributed by atoms with E-state index in [9.17, 15) is 4.79 Å². The number of urea groups is 1. The van der Waals surface area contributed by atoms with E-state index in [2.05, 4.69) is 55.0 Å². The summed E-state index contributed by atoms with van der Waals surface area (Å²) >= 11 is 0. The van der Waals surface area contributed by atoms with E-state index in [-0.39, 0.29) is 29.2 Å². The quantitative estimate of drug-likeness (QED) is 0.643. The maximum absolute atomic E-state index is 12.6. The minimum atomic E-state index is -0.176. The van der Waals surface area contributed by atoms with E-state index >= 15 is 0 Å².